The van der Waals surface area contributed by atoms with Crippen LogP contribution >= 0.6 is 0 Å². The minimum Gasteiger partial charge on any atom is -0.331 e. The minimum absolute atomic E-state index is 0.00598. The topological polar surface area (TPSA) is 75.4 Å². The molecule has 2 aliphatic rings. The van der Waals surface area contributed by atoms with Crippen molar-refractivity contribution in [3.05, 3.63) is 24.3 Å². The van der Waals surface area contributed by atoms with E-state index in [1.807, 2.05) is 4.90 Å². The van der Waals surface area contributed by atoms with Gasteiger partial charge in [-0.25, -0.2) is 14.3 Å². The Morgan fingerprint density at radius 1 is 1.21 bits per heavy atom. The molecule has 1 N–H and O–H groups in total. The molecule has 4 rings (SSSR count). The summed E-state index contributed by atoms with van der Waals surface area (Å²) in [6, 6.07) is 1.81. The number of fused-ring (bicyclic) bond motifs is 1. The Hall–Kier alpha value is -2.18. The largest absolute Gasteiger partial charge is 0.331 e. The molecule has 0 aromatic carbocycles. The summed E-state index contributed by atoms with van der Waals surface area (Å²) in [6.07, 6.45) is 12.4. The second-order valence-electron chi connectivity index (χ2n) is 7.14. The lowest BCUT2D eigenvalue weighted by Crippen LogP contribution is -2.50. The van der Waals surface area contributed by atoms with E-state index in [0.29, 0.717) is 23.6 Å². The predicted molar refractivity (Wildman–Crippen MR) is 89.3 cm³/mol. The SMILES string of the molecule is O=C(NCc1nc2ncccn2n1)N1CCCC2(CCCCC2)C1. The van der Waals surface area contributed by atoms with Gasteiger partial charge in [0.25, 0.3) is 5.78 Å². The van der Waals surface area contributed by atoms with Gasteiger partial charge in [-0.2, -0.15) is 4.98 Å². The van der Waals surface area contributed by atoms with E-state index in [1.165, 1.54) is 38.5 Å². The molecule has 24 heavy (non-hydrogen) atoms. The van der Waals surface area contributed by atoms with E-state index in [1.54, 1.807) is 23.0 Å². The molecular formula is C17H24N6O. The van der Waals surface area contributed by atoms with Crippen LogP contribution < -0.4 is 5.32 Å². The van der Waals surface area contributed by atoms with Gasteiger partial charge in [0, 0.05) is 25.5 Å². The number of piperidine rings is 1. The standard InChI is InChI=1S/C17H24N6O/c24-16(19-12-14-20-15-18-9-5-11-23(15)21-14)22-10-4-8-17(13-22)6-2-1-3-7-17/h5,9,11H,1-4,6-8,10,12-13H2,(H,19,24). The fourth-order valence-corrected chi connectivity index (χ4v) is 4.21. The van der Waals surface area contributed by atoms with Gasteiger partial charge in [-0.3, -0.25) is 0 Å². The van der Waals surface area contributed by atoms with Gasteiger partial charge < -0.3 is 10.2 Å². The highest BCUT2D eigenvalue weighted by atomic mass is 16.2. The van der Waals surface area contributed by atoms with E-state index in [0.717, 1.165) is 19.5 Å². The number of urea groups is 1. The number of carbonyl (C=O) groups excluding carboxylic acids is 1. The van der Waals surface area contributed by atoms with Gasteiger partial charge in [0.05, 0.1) is 6.54 Å². The van der Waals surface area contributed by atoms with Crippen LogP contribution in [0.4, 0.5) is 4.79 Å². The molecule has 1 aliphatic heterocycles. The maximum Gasteiger partial charge on any atom is 0.317 e. The van der Waals surface area contributed by atoms with Crippen LogP contribution in [0.1, 0.15) is 50.8 Å². The van der Waals surface area contributed by atoms with Crippen molar-refractivity contribution in [3.63, 3.8) is 0 Å². The minimum atomic E-state index is 0.00598. The first-order chi connectivity index (χ1) is 11.7. The van der Waals surface area contributed by atoms with Crippen molar-refractivity contribution in [1.29, 1.82) is 0 Å². The Morgan fingerprint density at radius 2 is 2.04 bits per heavy atom. The average Bonchev–Trinajstić information content (AvgIpc) is 3.03. The zero-order valence-electron chi connectivity index (χ0n) is 13.9. The second kappa shape index (κ2) is 6.37. The summed E-state index contributed by atoms with van der Waals surface area (Å²) in [6.45, 7) is 2.10. The lowest BCUT2D eigenvalue weighted by molar-refractivity contribution is 0.0705. The quantitative estimate of drug-likeness (QED) is 0.918. The van der Waals surface area contributed by atoms with Gasteiger partial charge in [0.2, 0.25) is 0 Å². The Morgan fingerprint density at radius 3 is 2.88 bits per heavy atom. The highest BCUT2D eigenvalue weighted by Gasteiger charge is 2.37. The number of nitrogens with zero attached hydrogens (tertiary/aromatic N) is 5. The lowest BCUT2D eigenvalue weighted by atomic mass is 9.69. The molecule has 1 aliphatic carbocycles. The summed E-state index contributed by atoms with van der Waals surface area (Å²) in [7, 11) is 0. The number of nitrogens with one attached hydrogen (secondary N) is 1. The van der Waals surface area contributed by atoms with Crippen LogP contribution in [-0.4, -0.2) is 43.6 Å². The number of hydrogen-bond acceptors (Lipinski definition) is 4. The fraction of sp³-hybridized carbons (Fsp3) is 0.647. The van der Waals surface area contributed by atoms with Crippen LogP contribution in [0.3, 0.4) is 0 Å². The molecule has 0 radical (unpaired) electrons. The molecule has 128 valence electrons. The van der Waals surface area contributed by atoms with Crippen LogP contribution in [0.2, 0.25) is 0 Å². The van der Waals surface area contributed by atoms with Crippen molar-refractivity contribution in [1.82, 2.24) is 29.8 Å². The molecular weight excluding hydrogens is 304 g/mol. The summed E-state index contributed by atoms with van der Waals surface area (Å²) in [5, 5.41) is 7.30. The van der Waals surface area contributed by atoms with Gasteiger partial charge in [-0.1, -0.05) is 19.3 Å². The van der Waals surface area contributed by atoms with Crippen LogP contribution in [0.25, 0.3) is 5.78 Å². The first-order valence-corrected chi connectivity index (χ1v) is 8.93. The van der Waals surface area contributed by atoms with Crippen molar-refractivity contribution in [3.8, 4) is 0 Å². The first-order valence-electron chi connectivity index (χ1n) is 8.93. The summed E-state index contributed by atoms with van der Waals surface area (Å²) >= 11 is 0. The summed E-state index contributed by atoms with van der Waals surface area (Å²) in [5.41, 5.74) is 0.374. The molecule has 1 saturated carbocycles. The second-order valence-corrected chi connectivity index (χ2v) is 7.14. The summed E-state index contributed by atoms with van der Waals surface area (Å²) < 4.78 is 1.62. The summed E-state index contributed by atoms with van der Waals surface area (Å²) in [4.78, 5) is 23.0. The molecule has 2 amide bonds. The number of aromatic nitrogens is 4. The third kappa shape index (κ3) is 3.07. The summed E-state index contributed by atoms with van der Waals surface area (Å²) in [5.74, 6) is 1.15. The van der Waals surface area contributed by atoms with E-state index >= 15 is 0 Å². The van der Waals surface area contributed by atoms with E-state index < -0.39 is 0 Å². The average molecular weight is 328 g/mol. The Labute approximate surface area is 141 Å². The van der Waals surface area contributed by atoms with Crippen LogP contribution in [0, 0.1) is 5.41 Å². The monoisotopic (exact) mass is 328 g/mol. The third-order valence-corrected chi connectivity index (χ3v) is 5.42. The van der Waals surface area contributed by atoms with Gasteiger partial charge in [-0.15, -0.1) is 5.10 Å². The molecule has 0 unspecified atom stereocenters. The first kappa shape index (κ1) is 15.4. The van der Waals surface area contributed by atoms with Crippen molar-refractivity contribution >= 4 is 11.8 Å². The predicted octanol–water partition coefficient (Wildman–Crippen LogP) is 2.38. The molecule has 0 bridgehead atoms. The number of hydrogen-bond donors (Lipinski definition) is 1. The van der Waals surface area contributed by atoms with Gasteiger partial charge in [0.15, 0.2) is 5.82 Å². The number of rotatable bonds is 2. The normalized spacial score (nSPS) is 20.4. The van der Waals surface area contributed by atoms with E-state index in [2.05, 4.69) is 20.4 Å². The van der Waals surface area contributed by atoms with Gasteiger partial charge in [0.1, 0.15) is 0 Å². The molecule has 2 fully saturated rings. The number of amides is 2. The maximum absolute atomic E-state index is 12.5. The van der Waals surface area contributed by atoms with E-state index in [-0.39, 0.29) is 6.03 Å². The Bertz CT molecular complexity index is 682. The molecule has 2 aromatic rings. The number of carbonyl (C=O) groups is 1. The van der Waals surface area contributed by atoms with Crippen molar-refractivity contribution in [2.24, 2.45) is 5.41 Å². The zero-order valence-corrected chi connectivity index (χ0v) is 13.9. The lowest BCUT2D eigenvalue weighted by Gasteiger charge is -2.45. The zero-order chi connectivity index (χ0) is 16.4. The van der Waals surface area contributed by atoms with Crippen molar-refractivity contribution in [2.45, 2.75) is 51.5 Å². The van der Waals surface area contributed by atoms with Crippen LogP contribution in [-0.2, 0) is 6.54 Å². The van der Waals surface area contributed by atoms with Crippen molar-refractivity contribution < 1.29 is 4.79 Å². The molecule has 0 atom stereocenters. The van der Waals surface area contributed by atoms with Gasteiger partial charge in [-0.05, 0) is 37.2 Å². The highest BCUT2D eigenvalue weighted by Crippen LogP contribution is 2.43. The van der Waals surface area contributed by atoms with E-state index in [9.17, 15) is 4.79 Å². The molecule has 7 heteroatoms. The molecule has 7 nitrogen and oxygen atoms in total. The van der Waals surface area contributed by atoms with Crippen LogP contribution in [0.5, 0.6) is 0 Å². The molecule has 1 saturated heterocycles. The fourth-order valence-electron chi connectivity index (χ4n) is 4.21. The Balaban J connectivity index is 1.37. The third-order valence-electron chi connectivity index (χ3n) is 5.42. The van der Waals surface area contributed by atoms with Crippen LogP contribution in [0.15, 0.2) is 18.5 Å². The highest BCUT2D eigenvalue weighted by molar-refractivity contribution is 5.74. The molecule has 1 spiro atoms. The van der Waals surface area contributed by atoms with E-state index in [4.69, 9.17) is 0 Å². The molecule has 3 heterocycles. The number of likely N-dealkylation sites (tertiary alicyclic amines) is 1. The maximum atomic E-state index is 12.5. The van der Waals surface area contributed by atoms with Gasteiger partial charge >= 0.3 is 6.03 Å². The smallest absolute Gasteiger partial charge is 0.317 e. The molecule has 2 aromatic heterocycles. The Kier molecular flexibility index (Phi) is 4.08. The van der Waals surface area contributed by atoms with Crippen molar-refractivity contribution in [2.75, 3.05) is 13.1 Å².